The standard InChI is InChI=1S/C25H25ClN4O6/c1-25(2,3)36-24(32)29-20(23(31)28-18-9-11-27-12-10-18)14-16-5-4-6-19(13-16)35-22-15-17(26)7-8-21(22)30(33)34/h4-13,15,20H,14H2,1-3H3,(H,29,32)(H,27,28,31). The van der Waals surface area contributed by atoms with E-state index in [0.717, 1.165) is 0 Å². The van der Waals surface area contributed by atoms with Gasteiger partial charge in [0.1, 0.15) is 17.4 Å². The van der Waals surface area contributed by atoms with Crippen molar-refractivity contribution in [1.29, 1.82) is 0 Å². The molecule has 0 spiro atoms. The predicted octanol–water partition coefficient (Wildman–Crippen LogP) is 5.51. The number of anilines is 1. The molecule has 0 saturated heterocycles. The van der Waals surface area contributed by atoms with Gasteiger partial charge in [-0.25, -0.2) is 4.79 Å². The number of amides is 2. The molecule has 0 fully saturated rings. The normalized spacial score (nSPS) is 11.8. The van der Waals surface area contributed by atoms with Crippen molar-refractivity contribution in [3.63, 3.8) is 0 Å². The number of hydrogen-bond acceptors (Lipinski definition) is 7. The quantitative estimate of drug-likeness (QED) is 0.300. The van der Waals surface area contributed by atoms with E-state index in [-0.39, 0.29) is 22.9 Å². The molecule has 11 heteroatoms. The van der Waals surface area contributed by atoms with Crippen LogP contribution in [0.25, 0.3) is 0 Å². The number of carbonyl (C=O) groups is 2. The molecule has 1 atom stereocenters. The van der Waals surface area contributed by atoms with Crippen LogP contribution < -0.4 is 15.4 Å². The summed E-state index contributed by atoms with van der Waals surface area (Å²) < 4.78 is 11.0. The smallest absolute Gasteiger partial charge is 0.408 e. The number of nitrogens with zero attached hydrogens (tertiary/aromatic N) is 2. The summed E-state index contributed by atoms with van der Waals surface area (Å²) >= 11 is 5.98. The third-order valence-electron chi connectivity index (χ3n) is 4.64. The number of halogens is 1. The van der Waals surface area contributed by atoms with Crippen LogP contribution in [0.15, 0.2) is 67.0 Å². The number of benzene rings is 2. The van der Waals surface area contributed by atoms with Crippen molar-refractivity contribution in [2.45, 2.75) is 38.8 Å². The minimum atomic E-state index is -0.997. The van der Waals surface area contributed by atoms with Gasteiger partial charge in [-0.3, -0.25) is 19.9 Å². The van der Waals surface area contributed by atoms with Crippen molar-refractivity contribution >= 4 is 35.0 Å². The van der Waals surface area contributed by atoms with Gasteiger partial charge in [0.25, 0.3) is 0 Å². The van der Waals surface area contributed by atoms with Crippen molar-refractivity contribution in [2.75, 3.05) is 5.32 Å². The van der Waals surface area contributed by atoms with Gasteiger partial charge < -0.3 is 20.1 Å². The fraction of sp³-hybridized carbons (Fsp3) is 0.240. The summed E-state index contributed by atoms with van der Waals surface area (Å²) in [7, 11) is 0. The van der Waals surface area contributed by atoms with Gasteiger partial charge >= 0.3 is 11.8 Å². The predicted molar refractivity (Wildman–Crippen MR) is 134 cm³/mol. The van der Waals surface area contributed by atoms with Crippen molar-refractivity contribution in [3.8, 4) is 11.5 Å². The number of alkyl carbamates (subject to hydrolysis) is 1. The highest BCUT2D eigenvalue weighted by atomic mass is 35.5. The lowest BCUT2D eigenvalue weighted by molar-refractivity contribution is -0.385. The largest absolute Gasteiger partial charge is 0.450 e. The van der Waals surface area contributed by atoms with E-state index in [0.29, 0.717) is 17.0 Å². The van der Waals surface area contributed by atoms with Gasteiger partial charge in [0.15, 0.2) is 0 Å². The Morgan fingerprint density at radius 2 is 1.83 bits per heavy atom. The van der Waals surface area contributed by atoms with Gasteiger partial charge in [-0.1, -0.05) is 23.7 Å². The fourth-order valence-corrected chi connectivity index (χ4v) is 3.30. The van der Waals surface area contributed by atoms with Crippen LogP contribution in [0.2, 0.25) is 5.02 Å². The van der Waals surface area contributed by atoms with Crippen LogP contribution in [0.3, 0.4) is 0 Å². The monoisotopic (exact) mass is 512 g/mol. The van der Waals surface area contributed by atoms with E-state index >= 15 is 0 Å². The fourth-order valence-electron chi connectivity index (χ4n) is 3.14. The summed E-state index contributed by atoms with van der Waals surface area (Å²) in [6.45, 7) is 5.15. The zero-order chi connectivity index (χ0) is 26.3. The van der Waals surface area contributed by atoms with Gasteiger partial charge in [0.2, 0.25) is 11.7 Å². The number of nitrogens with one attached hydrogen (secondary N) is 2. The molecule has 0 radical (unpaired) electrons. The highest BCUT2D eigenvalue weighted by Gasteiger charge is 2.25. The number of rotatable bonds is 8. The Morgan fingerprint density at radius 3 is 2.50 bits per heavy atom. The highest BCUT2D eigenvalue weighted by molar-refractivity contribution is 6.30. The maximum Gasteiger partial charge on any atom is 0.408 e. The van der Waals surface area contributed by atoms with Crippen molar-refractivity contribution < 1.29 is 24.0 Å². The lowest BCUT2D eigenvalue weighted by atomic mass is 10.0. The maximum atomic E-state index is 13.0. The Morgan fingerprint density at radius 1 is 1.11 bits per heavy atom. The first-order chi connectivity index (χ1) is 17.0. The molecule has 0 aliphatic rings. The number of nitro benzene ring substituents is 1. The molecule has 3 rings (SSSR count). The molecule has 1 unspecified atom stereocenters. The number of pyridine rings is 1. The van der Waals surface area contributed by atoms with Gasteiger partial charge in [0.05, 0.1) is 4.92 Å². The van der Waals surface area contributed by atoms with Crippen molar-refractivity contribution in [1.82, 2.24) is 10.3 Å². The zero-order valence-electron chi connectivity index (χ0n) is 19.9. The van der Waals surface area contributed by atoms with Crippen LogP contribution in [-0.4, -0.2) is 33.6 Å². The molecule has 10 nitrogen and oxygen atoms in total. The van der Waals surface area contributed by atoms with Gasteiger partial charge in [-0.15, -0.1) is 0 Å². The number of carbonyl (C=O) groups excluding carboxylic acids is 2. The number of nitro groups is 1. The van der Waals surface area contributed by atoms with E-state index in [9.17, 15) is 19.7 Å². The third-order valence-corrected chi connectivity index (χ3v) is 4.88. The summed E-state index contributed by atoms with van der Waals surface area (Å²) in [5.74, 6) is -0.198. The van der Waals surface area contributed by atoms with Gasteiger partial charge in [0, 0.05) is 41.7 Å². The molecule has 0 aliphatic carbocycles. The first-order valence-corrected chi connectivity index (χ1v) is 11.3. The van der Waals surface area contributed by atoms with Crippen LogP contribution >= 0.6 is 11.6 Å². The average molecular weight is 513 g/mol. The van der Waals surface area contributed by atoms with E-state index in [1.54, 1.807) is 57.2 Å². The Kier molecular flexibility index (Phi) is 8.44. The van der Waals surface area contributed by atoms with Crippen molar-refractivity contribution in [3.05, 3.63) is 87.7 Å². The Labute approximate surface area is 212 Å². The van der Waals surface area contributed by atoms with E-state index in [4.69, 9.17) is 21.1 Å². The van der Waals surface area contributed by atoms with Crippen LogP contribution in [-0.2, 0) is 16.0 Å². The summed E-state index contributed by atoms with van der Waals surface area (Å²) in [5.41, 5.74) is 0.140. The molecule has 36 heavy (non-hydrogen) atoms. The molecule has 2 aromatic carbocycles. The molecular weight excluding hydrogens is 488 g/mol. The summed E-state index contributed by atoms with van der Waals surface area (Å²) in [5, 5.41) is 17.0. The molecule has 2 amide bonds. The molecule has 188 valence electrons. The maximum absolute atomic E-state index is 13.0. The molecule has 3 aromatic rings. The molecule has 1 aromatic heterocycles. The van der Waals surface area contributed by atoms with E-state index < -0.39 is 28.6 Å². The van der Waals surface area contributed by atoms with Crippen LogP contribution in [0.5, 0.6) is 11.5 Å². The number of aromatic nitrogens is 1. The lowest BCUT2D eigenvalue weighted by Crippen LogP contribution is -2.47. The van der Waals surface area contributed by atoms with Crippen LogP contribution in [0, 0.1) is 10.1 Å². The van der Waals surface area contributed by atoms with Crippen LogP contribution in [0.4, 0.5) is 16.2 Å². The highest BCUT2D eigenvalue weighted by Crippen LogP contribution is 2.34. The van der Waals surface area contributed by atoms with E-state index in [1.165, 1.54) is 30.6 Å². The molecule has 0 aliphatic heterocycles. The third kappa shape index (κ3) is 7.95. The number of ether oxygens (including phenoxy) is 2. The topological polar surface area (TPSA) is 133 Å². The molecule has 1 heterocycles. The van der Waals surface area contributed by atoms with Gasteiger partial charge in [-0.2, -0.15) is 0 Å². The Bertz CT molecular complexity index is 1250. The molecule has 2 N–H and O–H groups in total. The van der Waals surface area contributed by atoms with Gasteiger partial charge in [-0.05, 0) is 56.7 Å². The van der Waals surface area contributed by atoms with Crippen LogP contribution in [0.1, 0.15) is 26.3 Å². The first-order valence-electron chi connectivity index (χ1n) is 10.9. The summed E-state index contributed by atoms with van der Waals surface area (Å²) in [6.07, 6.45) is 2.40. The summed E-state index contributed by atoms with van der Waals surface area (Å²) in [6, 6.07) is 12.9. The Balaban J connectivity index is 1.82. The molecular formula is C25H25ClN4O6. The minimum absolute atomic E-state index is 0.0245. The molecule has 0 saturated carbocycles. The second-order valence-corrected chi connectivity index (χ2v) is 9.18. The zero-order valence-corrected chi connectivity index (χ0v) is 20.6. The van der Waals surface area contributed by atoms with E-state index in [1.807, 2.05) is 0 Å². The average Bonchev–Trinajstić information content (AvgIpc) is 2.78. The summed E-state index contributed by atoms with van der Waals surface area (Å²) in [4.78, 5) is 40.2. The van der Waals surface area contributed by atoms with E-state index in [2.05, 4.69) is 15.6 Å². The number of hydrogen-bond donors (Lipinski definition) is 2. The first kappa shape index (κ1) is 26.4. The molecule has 0 bridgehead atoms. The second kappa shape index (κ2) is 11.5. The Hall–Kier alpha value is -4.18. The van der Waals surface area contributed by atoms with Crippen molar-refractivity contribution in [2.24, 2.45) is 0 Å². The lowest BCUT2D eigenvalue weighted by Gasteiger charge is -2.23. The second-order valence-electron chi connectivity index (χ2n) is 8.75. The SMILES string of the molecule is CC(C)(C)OC(=O)NC(Cc1cccc(Oc2cc(Cl)ccc2[N+](=O)[O-])c1)C(=O)Nc1ccncc1. The minimum Gasteiger partial charge on any atom is -0.450 e.